The van der Waals surface area contributed by atoms with Gasteiger partial charge in [0.25, 0.3) is 11.1 Å². The lowest BCUT2D eigenvalue weighted by Gasteiger charge is -2.06. The van der Waals surface area contributed by atoms with Crippen molar-refractivity contribution in [1.29, 1.82) is 0 Å². The zero-order valence-corrected chi connectivity index (χ0v) is 17.6. The number of thiophene rings is 1. The largest absolute Gasteiger partial charge is 0.350 e. The highest BCUT2D eigenvalue weighted by molar-refractivity contribution is 9.10. The fourth-order valence-electron chi connectivity index (χ4n) is 2.91. The molecule has 28 heavy (non-hydrogen) atoms. The number of imide groups is 1. The van der Waals surface area contributed by atoms with E-state index >= 15 is 0 Å². The third-order valence-electron chi connectivity index (χ3n) is 4.16. The molecule has 2 aromatic heterocycles. The lowest BCUT2D eigenvalue weighted by atomic mass is 10.1. The van der Waals surface area contributed by atoms with Crippen LogP contribution in [0, 0.1) is 0 Å². The molecule has 0 atom stereocenters. The summed E-state index contributed by atoms with van der Waals surface area (Å²) in [6.45, 7) is 0.655. The van der Waals surface area contributed by atoms with Gasteiger partial charge in [-0.3, -0.25) is 19.7 Å². The van der Waals surface area contributed by atoms with Crippen molar-refractivity contribution in [1.82, 2.24) is 15.2 Å². The summed E-state index contributed by atoms with van der Waals surface area (Å²) < 4.78 is 2.73. The molecule has 142 valence electrons. The van der Waals surface area contributed by atoms with Gasteiger partial charge in [-0.15, -0.1) is 11.3 Å². The molecule has 3 amide bonds. The number of hydrogen-bond acceptors (Lipinski definition) is 5. The summed E-state index contributed by atoms with van der Waals surface area (Å²) in [5.41, 5.74) is 1.64. The van der Waals surface area contributed by atoms with E-state index < -0.39 is 5.91 Å². The van der Waals surface area contributed by atoms with Gasteiger partial charge < -0.3 is 9.88 Å². The maximum atomic E-state index is 12.4. The van der Waals surface area contributed by atoms with Crippen LogP contribution in [0.4, 0.5) is 4.79 Å². The van der Waals surface area contributed by atoms with Crippen LogP contribution in [0.3, 0.4) is 0 Å². The van der Waals surface area contributed by atoms with E-state index in [9.17, 15) is 14.4 Å². The Morgan fingerprint density at radius 2 is 2.14 bits per heavy atom. The number of amides is 3. The van der Waals surface area contributed by atoms with Crippen molar-refractivity contribution < 1.29 is 14.4 Å². The van der Waals surface area contributed by atoms with Crippen molar-refractivity contribution >= 4 is 73.1 Å². The fourth-order valence-corrected chi connectivity index (χ4v) is 4.59. The van der Waals surface area contributed by atoms with Crippen molar-refractivity contribution in [3.05, 3.63) is 61.7 Å². The van der Waals surface area contributed by atoms with Crippen LogP contribution in [0.5, 0.6) is 0 Å². The Balaban J connectivity index is 1.62. The summed E-state index contributed by atoms with van der Waals surface area (Å²) in [4.78, 5) is 37.1. The van der Waals surface area contributed by atoms with Gasteiger partial charge in [-0.2, -0.15) is 0 Å². The minimum Gasteiger partial charge on any atom is -0.350 e. The van der Waals surface area contributed by atoms with Crippen molar-refractivity contribution in [2.75, 3.05) is 0 Å². The van der Waals surface area contributed by atoms with Crippen LogP contribution in [-0.2, 0) is 22.7 Å². The molecular weight excluding hydrogens is 462 g/mol. The molecule has 0 spiro atoms. The first-order valence-electron chi connectivity index (χ1n) is 8.32. The molecule has 3 aromatic rings. The zero-order chi connectivity index (χ0) is 19.7. The van der Waals surface area contributed by atoms with Gasteiger partial charge >= 0.3 is 0 Å². The molecule has 2 N–H and O–H groups in total. The molecule has 6 nitrogen and oxygen atoms in total. The van der Waals surface area contributed by atoms with E-state index in [0.29, 0.717) is 11.4 Å². The summed E-state index contributed by atoms with van der Waals surface area (Å²) in [5.74, 6) is -0.504. The molecule has 1 aliphatic rings. The van der Waals surface area contributed by atoms with E-state index in [4.69, 9.17) is 0 Å². The summed E-state index contributed by atoms with van der Waals surface area (Å²) in [6.07, 6.45) is 3.51. The second-order valence-electron chi connectivity index (χ2n) is 6.08. The molecule has 4 rings (SSSR count). The van der Waals surface area contributed by atoms with Gasteiger partial charge in [0.1, 0.15) is 6.54 Å². The number of rotatable bonds is 5. The Kier molecular flexibility index (Phi) is 5.38. The SMILES string of the molecule is O=C(Cn1cc(/C=C2\SC(=O)NC2=O)c2cc(Br)ccc21)NCc1cccs1. The Morgan fingerprint density at radius 3 is 2.86 bits per heavy atom. The number of thioether (sulfide) groups is 1. The number of hydrogen-bond donors (Lipinski definition) is 2. The van der Waals surface area contributed by atoms with Crippen molar-refractivity contribution in [3.63, 3.8) is 0 Å². The summed E-state index contributed by atoms with van der Waals surface area (Å²) in [5, 5.41) is 7.65. The maximum Gasteiger partial charge on any atom is 0.290 e. The van der Waals surface area contributed by atoms with Crippen molar-refractivity contribution in [3.8, 4) is 0 Å². The molecular formula is C19H14BrN3O3S2. The van der Waals surface area contributed by atoms with E-state index in [-0.39, 0.29) is 17.7 Å². The van der Waals surface area contributed by atoms with Crippen LogP contribution in [-0.4, -0.2) is 21.6 Å². The third kappa shape index (κ3) is 4.06. The Labute approximate surface area is 177 Å². The summed E-state index contributed by atoms with van der Waals surface area (Å²) in [6, 6.07) is 9.68. The van der Waals surface area contributed by atoms with E-state index in [2.05, 4.69) is 26.6 Å². The number of nitrogens with zero attached hydrogens (tertiary/aromatic N) is 1. The molecule has 0 unspecified atom stereocenters. The van der Waals surface area contributed by atoms with Gasteiger partial charge in [0.05, 0.1) is 11.4 Å². The Bertz CT molecular complexity index is 1120. The summed E-state index contributed by atoms with van der Waals surface area (Å²) in [7, 11) is 0. The predicted molar refractivity (Wildman–Crippen MR) is 115 cm³/mol. The molecule has 1 aromatic carbocycles. The molecule has 3 heterocycles. The number of carbonyl (C=O) groups is 3. The number of benzene rings is 1. The van der Waals surface area contributed by atoms with Crippen molar-refractivity contribution in [2.24, 2.45) is 0 Å². The second kappa shape index (κ2) is 7.94. The van der Waals surface area contributed by atoms with Crippen LogP contribution in [0.15, 0.2) is 51.3 Å². The van der Waals surface area contributed by atoms with Gasteiger partial charge in [0.15, 0.2) is 0 Å². The van der Waals surface area contributed by atoms with E-state index in [1.54, 1.807) is 17.4 Å². The highest BCUT2D eigenvalue weighted by atomic mass is 79.9. The average molecular weight is 476 g/mol. The highest BCUT2D eigenvalue weighted by Gasteiger charge is 2.25. The molecule has 0 aliphatic carbocycles. The predicted octanol–water partition coefficient (Wildman–Crippen LogP) is 4.11. The smallest absolute Gasteiger partial charge is 0.290 e. The molecule has 1 fully saturated rings. The zero-order valence-electron chi connectivity index (χ0n) is 14.4. The summed E-state index contributed by atoms with van der Waals surface area (Å²) >= 11 is 5.93. The van der Waals surface area contributed by atoms with E-state index in [1.807, 2.05) is 46.5 Å². The number of nitrogens with one attached hydrogen (secondary N) is 2. The lowest BCUT2D eigenvalue weighted by molar-refractivity contribution is -0.121. The average Bonchev–Trinajstić information content (AvgIpc) is 3.35. The Morgan fingerprint density at radius 1 is 1.29 bits per heavy atom. The lowest BCUT2D eigenvalue weighted by Crippen LogP contribution is -2.26. The van der Waals surface area contributed by atoms with E-state index in [1.165, 1.54) is 0 Å². The standard InChI is InChI=1S/C19H14BrN3O3S2/c20-12-3-4-15-14(7-12)11(6-16-18(25)22-19(26)28-16)9-23(15)10-17(24)21-8-13-2-1-5-27-13/h1-7,9H,8,10H2,(H,21,24)(H,22,25,26)/b16-6-. The van der Waals surface area contributed by atoms with Gasteiger partial charge in [-0.25, -0.2) is 0 Å². The van der Waals surface area contributed by atoms with Gasteiger partial charge in [-0.05, 0) is 47.5 Å². The fraction of sp³-hybridized carbons (Fsp3) is 0.105. The third-order valence-corrected chi connectivity index (χ3v) is 6.34. The monoisotopic (exact) mass is 475 g/mol. The molecule has 0 saturated carbocycles. The van der Waals surface area contributed by atoms with Gasteiger partial charge in [-0.1, -0.05) is 22.0 Å². The Hall–Kier alpha value is -2.36. The minimum absolute atomic E-state index is 0.101. The quantitative estimate of drug-likeness (QED) is 0.544. The molecule has 0 radical (unpaired) electrons. The maximum absolute atomic E-state index is 12.4. The van der Waals surface area contributed by atoms with Crippen LogP contribution in [0.25, 0.3) is 17.0 Å². The normalized spacial score (nSPS) is 15.4. The minimum atomic E-state index is -0.403. The van der Waals surface area contributed by atoms with Crippen LogP contribution >= 0.6 is 39.0 Å². The first-order valence-corrected chi connectivity index (χ1v) is 10.8. The number of carbonyl (C=O) groups excluding carboxylic acids is 3. The van der Waals surface area contributed by atoms with Crippen LogP contribution < -0.4 is 10.6 Å². The molecule has 0 bridgehead atoms. The molecule has 9 heteroatoms. The topological polar surface area (TPSA) is 80.2 Å². The van der Waals surface area contributed by atoms with Gasteiger partial charge in [0.2, 0.25) is 5.91 Å². The number of aromatic nitrogens is 1. The van der Waals surface area contributed by atoms with E-state index in [0.717, 1.165) is 37.6 Å². The first-order chi connectivity index (χ1) is 13.5. The number of halogens is 1. The molecule has 1 saturated heterocycles. The highest BCUT2D eigenvalue weighted by Crippen LogP contribution is 2.31. The van der Waals surface area contributed by atoms with Crippen molar-refractivity contribution in [2.45, 2.75) is 13.1 Å². The van der Waals surface area contributed by atoms with Crippen LogP contribution in [0.1, 0.15) is 10.4 Å². The second-order valence-corrected chi connectivity index (χ2v) is 9.04. The first kappa shape index (κ1) is 19.0. The number of fused-ring (bicyclic) bond motifs is 1. The van der Waals surface area contributed by atoms with Crippen LogP contribution in [0.2, 0.25) is 0 Å². The molecule has 1 aliphatic heterocycles. The van der Waals surface area contributed by atoms with Gasteiger partial charge in [0, 0.05) is 32.0 Å².